The van der Waals surface area contributed by atoms with E-state index in [0.717, 1.165) is 24.3 Å². The van der Waals surface area contributed by atoms with Crippen LogP contribution in [-0.4, -0.2) is 21.1 Å². The molecule has 1 N–H and O–H groups in total. The van der Waals surface area contributed by atoms with Gasteiger partial charge in [0, 0.05) is 17.8 Å². The number of aryl methyl sites for hydroxylation is 1. The van der Waals surface area contributed by atoms with Crippen LogP contribution in [0.25, 0.3) is 5.65 Å². The molecule has 25 heavy (non-hydrogen) atoms. The highest BCUT2D eigenvalue weighted by Gasteiger charge is 2.24. The molecule has 3 rings (SSSR count). The summed E-state index contributed by atoms with van der Waals surface area (Å²) in [5.41, 5.74) is 0.531. The number of aromatic nitrogens is 2. The fourth-order valence-electron chi connectivity index (χ4n) is 2.59. The number of pyridine rings is 1. The lowest BCUT2D eigenvalue weighted by Crippen LogP contribution is -2.11. The average molecular weight is 419 g/mol. The summed E-state index contributed by atoms with van der Waals surface area (Å²) >= 11 is 3.03. The van der Waals surface area contributed by atoms with Crippen molar-refractivity contribution in [3.05, 3.63) is 63.5 Å². The zero-order valence-electron chi connectivity index (χ0n) is 12.7. The number of nitrogens with zero attached hydrogens (tertiary/aromatic N) is 2. The molecule has 132 valence electrons. The maximum absolute atomic E-state index is 13.7. The highest BCUT2D eigenvalue weighted by Crippen LogP contribution is 2.34. The van der Waals surface area contributed by atoms with Gasteiger partial charge >= 0.3 is 6.61 Å². The van der Waals surface area contributed by atoms with E-state index in [-0.39, 0.29) is 27.1 Å². The molecule has 4 nitrogen and oxygen atoms in total. The van der Waals surface area contributed by atoms with Crippen LogP contribution < -0.4 is 4.74 Å². The maximum atomic E-state index is 13.7. The first-order valence-electron chi connectivity index (χ1n) is 7.04. The minimum Gasteiger partial charge on any atom is -0.434 e. The Bertz CT molecular complexity index is 946. The summed E-state index contributed by atoms with van der Waals surface area (Å²) < 4.78 is 58.3. The van der Waals surface area contributed by atoms with E-state index in [1.165, 1.54) is 10.6 Å². The highest BCUT2D eigenvalue weighted by molar-refractivity contribution is 9.10. The second-order valence-electron chi connectivity index (χ2n) is 5.24. The molecule has 0 aliphatic heterocycles. The molecule has 1 unspecified atom stereocenters. The quantitative estimate of drug-likeness (QED) is 0.640. The Hall–Kier alpha value is -2.13. The van der Waals surface area contributed by atoms with Gasteiger partial charge in [-0.15, -0.1) is 0 Å². The summed E-state index contributed by atoms with van der Waals surface area (Å²) in [4.78, 5) is 4.13. The number of aliphatic hydroxyl groups excluding tert-OH is 1. The van der Waals surface area contributed by atoms with Crippen LogP contribution in [0.4, 0.5) is 17.6 Å². The van der Waals surface area contributed by atoms with Crippen molar-refractivity contribution in [3.63, 3.8) is 0 Å². The molecular weight excluding hydrogens is 408 g/mol. The molecule has 0 fully saturated rings. The molecule has 0 saturated heterocycles. The number of hydrogen-bond acceptors (Lipinski definition) is 3. The third-order valence-electron chi connectivity index (χ3n) is 3.63. The predicted molar refractivity (Wildman–Crippen MR) is 84.7 cm³/mol. The van der Waals surface area contributed by atoms with Gasteiger partial charge in [0.05, 0.1) is 15.9 Å². The summed E-state index contributed by atoms with van der Waals surface area (Å²) in [6, 6.07) is 4.00. The van der Waals surface area contributed by atoms with Crippen LogP contribution in [0.3, 0.4) is 0 Å². The standard InChI is InChI=1S/C16H11BrF4N2O2/c1-7-14(23-6-10(17)11(19)5-13(23)22-7)15(24)9-4-8(18)2-3-12(9)25-16(20)21/h2-6,15-16,24H,1H3. The van der Waals surface area contributed by atoms with Gasteiger partial charge in [-0.3, -0.25) is 4.40 Å². The van der Waals surface area contributed by atoms with E-state index < -0.39 is 24.3 Å². The van der Waals surface area contributed by atoms with E-state index >= 15 is 0 Å². The molecule has 0 spiro atoms. The van der Waals surface area contributed by atoms with E-state index in [1.807, 2.05) is 0 Å². The summed E-state index contributed by atoms with van der Waals surface area (Å²) in [6.07, 6.45) is -0.173. The van der Waals surface area contributed by atoms with Gasteiger partial charge in [0.15, 0.2) is 0 Å². The summed E-state index contributed by atoms with van der Waals surface area (Å²) in [7, 11) is 0. The molecular formula is C16H11BrF4N2O2. The zero-order valence-corrected chi connectivity index (χ0v) is 14.3. The lowest BCUT2D eigenvalue weighted by molar-refractivity contribution is -0.0513. The number of halogens is 5. The largest absolute Gasteiger partial charge is 0.434 e. The second-order valence-corrected chi connectivity index (χ2v) is 6.10. The Kier molecular flexibility index (Phi) is 4.70. The van der Waals surface area contributed by atoms with Crippen LogP contribution in [0.15, 0.2) is 34.9 Å². The molecule has 0 aliphatic rings. The summed E-state index contributed by atoms with van der Waals surface area (Å²) in [6.45, 7) is -1.58. The minimum absolute atomic E-state index is 0.120. The molecule has 2 heterocycles. The summed E-state index contributed by atoms with van der Waals surface area (Å²) in [5.74, 6) is -1.64. The third kappa shape index (κ3) is 3.34. The van der Waals surface area contributed by atoms with Gasteiger partial charge in [0.25, 0.3) is 0 Å². The van der Waals surface area contributed by atoms with Crippen molar-refractivity contribution in [2.75, 3.05) is 0 Å². The lowest BCUT2D eigenvalue weighted by atomic mass is 10.0. The first-order valence-corrected chi connectivity index (χ1v) is 7.83. The van der Waals surface area contributed by atoms with Crippen molar-refractivity contribution >= 4 is 21.6 Å². The normalized spacial score (nSPS) is 12.8. The first-order chi connectivity index (χ1) is 11.8. The van der Waals surface area contributed by atoms with Gasteiger partial charge < -0.3 is 9.84 Å². The predicted octanol–water partition coefficient (Wildman–Crippen LogP) is 4.37. The fraction of sp³-hybridized carbons (Fsp3) is 0.188. The van der Waals surface area contributed by atoms with Crippen LogP contribution >= 0.6 is 15.9 Å². The van der Waals surface area contributed by atoms with Crippen LogP contribution in [0, 0.1) is 18.6 Å². The van der Waals surface area contributed by atoms with E-state index in [9.17, 15) is 22.7 Å². The SMILES string of the molecule is Cc1nc2cc(F)c(Br)cn2c1C(O)c1cc(F)ccc1OC(F)F. The van der Waals surface area contributed by atoms with Crippen LogP contribution in [-0.2, 0) is 0 Å². The van der Waals surface area contributed by atoms with Crippen molar-refractivity contribution in [1.82, 2.24) is 9.38 Å². The monoisotopic (exact) mass is 418 g/mol. The molecule has 1 aromatic carbocycles. The van der Waals surface area contributed by atoms with Crippen molar-refractivity contribution < 1.29 is 27.4 Å². The van der Waals surface area contributed by atoms with E-state index in [2.05, 4.69) is 25.7 Å². The Labute approximate surface area is 147 Å². The Morgan fingerprint density at radius 3 is 2.64 bits per heavy atom. The Balaban J connectivity index is 2.17. The topological polar surface area (TPSA) is 46.8 Å². The molecule has 1 atom stereocenters. The molecule has 2 aromatic heterocycles. The lowest BCUT2D eigenvalue weighted by Gasteiger charge is -2.17. The minimum atomic E-state index is -3.14. The highest BCUT2D eigenvalue weighted by atomic mass is 79.9. The molecule has 3 aromatic rings. The number of rotatable bonds is 4. The van der Waals surface area contributed by atoms with Crippen molar-refractivity contribution in [3.8, 4) is 5.75 Å². The van der Waals surface area contributed by atoms with Gasteiger partial charge in [0.2, 0.25) is 0 Å². The van der Waals surface area contributed by atoms with Crippen LogP contribution in [0.2, 0.25) is 0 Å². The van der Waals surface area contributed by atoms with Crippen LogP contribution in [0.5, 0.6) is 5.75 Å². The number of ether oxygens (including phenoxy) is 1. The number of imidazole rings is 1. The number of hydrogen-bond donors (Lipinski definition) is 1. The number of fused-ring (bicyclic) bond motifs is 1. The zero-order chi connectivity index (χ0) is 18.3. The van der Waals surface area contributed by atoms with Crippen molar-refractivity contribution in [1.29, 1.82) is 0 Å². The number of benzene rings is 1. The molecule has 0 aliphatic carbocycles. The molecule has 9 heteroatoms. The fourth-order valence-corrected chi connectivity index (χ4v) is 2.91. The van der Waals surface area contributed by atoms with Crippen LogP contribution in [0.1, 0.15) is 23.1 Å². The van der Waals surface area contributed by atoms with Crippen molar-refractivity contribution in [2.24, 2.45) is 0 Å². The van der Waals surface area contributed by atoms with Crippen molar-refractivity contribution in [2.45, 2.75) is 19.6 Å². The number of alkyl halides is 2. The van der Waals surface area contributed by atoms with E-state index in [1.54, 1.807) is 6.92 Å². The molecule has 0 amide bonds. The maximum Gasteiger partial charge on any atom is 0.387 e. The van der Waals surface area contributed by atoms with E-state index in [0.29, 0.717) is 5.69 Å². The van der Waals surface area contributed by atoms with Gasteiger partial charge in [0.1, 0.15) is 29.1 Å². The smallest absolute Gasteiger partial charge is 0.387 e. The Morgan fingerprint density at radius 2 is 1.96 bits per heavy atom. The van der Waals surface area contributed by atoms with Gasteiger partial charge in [-0.25, -0.2) is 13.8 Å². The molecule has 0 saturated carbocycles. The number of aliphatic hydroxyl groups is 1. The molecule has 0 bridgehead atoms. The van der Waals surface area contributed by atoms with E-state index in [4.69, 9.17) is 0 Å². The molecule has 0 radical (unpaired) electrons. The average Bonchev–Trinajstić information content (AvgIpc) is 2.83. The Morgan fingerprint density at radius 1 is 1.24 bits per heavy atom. The van der Waals surface area contributed by atoms with Gasteiger partial charge in [-0.2, -0.15) is 8.78 Å². The second kappa shape index (κ2) is 6.64. The van der Waals surface area contributed by atoms with Gasteiger partial charge in [-0.1, -0.05) is 0 Å². The first kappa shape index (κ1) is 17.7. The third-order valence-corrected chi connectivity index (χ3v) is 4.21. The van der Waals surface area contributed by atoms with Gasteiger partial charge in [-0.05, 0) is 41.1 Å². The summed E-state index contributed by atoms with van der Waals surface area (Å²) in [5, 5.41) is 10.7.